The second-order valence-electron chi connectivity index (χ2n) is 4.73. The van der Waals surface area contributed by atoms with Gasteiger partial charge in [-0.1, -0.05) is 0 Å². The van der Waals surface area contributed by atoms with Gasteiger partial charge in [-0.05, 0) is 25.2 Å². The average Bonchev–Trinajstić information content (AvgIpc) is 2.38. The Labute approximate surface area is 97.3 Å². The molecule has 2 heterocycles. The molecule has 2 aliphatic rings. The number of carbonyl (C=O) groups excluding carboxylic acids is 1. The summed E-state index contributed by atoms with van der Waals surface area (Å²) in [6.45, 7) is 5.42. The van der Waals surface area contributed by atoms with Crippen molar-refractivity contribution in [3.63, 3.8) is 0 Å². The molecule has 0 aromatic carbocycles. The lowest BCUT2D eigenvalue weighted by Crippen LogP contribution is -2.46. The first-order valence-corrected chi connectivity index (χ1v) is 6.42. The van der Waals surface area contributed by atoms with Crippen molar-refractivity contribution in [1.29, 1.82) is 0 Å². The van der Waals surface area contributed by atoms with Crippen molar-refractivity contribution in [2.45, 2.75) is 25.7 Å². The van der Waals surface area contributed by atoms with E-state index in [9.17, 15) is 4.79 Å². The molecular formula is C12H22N2O2. The van der Waals surface area contributed by atoms with Gasteiger partial charge in [0, 0.05) is 45.8 Å². The van der Waals surface area contributed by atoms with Crippen LogP contribution >= 0.6 is 0 Å². The van der Waals surface area contributed by atoms with Gasteiger partial charge in [0.2, 0.25) is 5.91 Å². The van der Waals surface area contributed by atoms with Gasteiger partial charge >= 0.3 is 0 Å². The average molecular weight is 226 g/mol. The van der Waals surface area contributed by atoms with Gasteiger partial charge in [-0.2, -0.15) is 0 Å². The lowest BCUT2D eigenvalue weighted by atomic mass is 9.94. The third-order valence-electron chi connectivity index (χ3n) is 3.58. The van der Waals surface area contributed by atoms with Gasteiger partial charge in [-0.15, -0.1) is 0 Å². The molecule has 92 valence electrons. The molecule has 0 saturated carbocycles. The molecule has 2 fully saturated rings. The summed E-state index contributed by atoms with van der Waals surface area (Å²) in [7, 11) is 0. The number of amides is 1. The van der Waals surface area contributed by atoms with E-state index in [4.69, 9.17) is 4.74 Å². The van der Waals surface area contributed by atoms with Crippen LogP contribution < -0.4 is 5.32 Å². The first-order chi connectivity index (χ1) is 7.86. The molecule has 16 heavy (non-hydrogen) atoms. The minimum Gasteiger partial charge on any atom is -0.381 e. The molecule has 0 aliphatic carbocycles. The number of ether oxygens (including phenoxy) is 1. The minimum atomic E-state index is 0.341. The maximum absolute atomic E-state index is 11.9. The van der Waals surface area contributed by atoms with Crippen molar-refractivity contribution in [2.24, 2.45) is 5.92 Å². The van der Waals surface area contributed by atoms with Crippen LogP contribution in [0, 0.1) is 5.92 Å². The molecule has 0 bridgehead atoms. The molecule has 4 nitrogen and oxygen atoms in total. The van der Waals surface area contributed by atoms with Crippen molar-refractivity contribution in [3.8, 4) is 0 Å². The molecule has 2 saturated heterocycles. The Morgan fingerprint density at radius 1 is 1.25 bits per heavy atom. The summed E-state index contributed by atoms with van der Waals surface area (Å²) in [4.78, 5) is 13.9. The van der Waals surface area contributed by atoms with E-state index in [2.05, 4.69) is 5.32 Å². The van der Waals surface area contributed by atoms with Gasteiger partial charge in [0.1, 0.15) is 0 Å². The van der Waals surface area contributed by atoms with Gasteiger partial charge < -0.3 is 15.0 Å². The molecule has 1 N–H and O–H groups in total. The van der Waals surface area contributed by atoms with Gasteiger partial charge in [0.25, 0.3) is 0 Å². The highest BCUT2D eigenvalue weighted by Crippen LogP contribution is 2.20. The Morgan fingerprint density at radius 3 is 2.62 bits per heavy atom. The van der Waals surface area contributed by atoms with Crippen molar-refractivity contribution in [2.75, 3.05) is 39.4 Å². The fourth-order valence-electron chi connectivity index (χ4n) is 2.44. The van der Waals surface area contributed by atoms with Crippen LogP contribution in [-0.4, -0.2) is 50.2 Å². The van der Waals surface area contributed by atoms with Crippen LogP contribution in [0.15, 0.2) is 0 Å². The molecule has 2 aliphatic heterocycles. The van der Waals surface area contributed by atoms with Crippen LogP contribution in [0.4, 0.5) is 0 Å². The van der Waals surface area contributed by atoms with Crippen LogP contribution in [-0.2, 0) is 9.53 Å². The number of hydrogen-bond donors (Lipinski definition) is 1. The Balaban J connectivity index is 1.65. The largest absolute Gasteiger partial charge is 0.381 e. The second kappa shape index (κ2) is 6.21. The SMILES string of the molecule is O=C(CCC1CCOCC1)N1CCNCC1. The Kier molecular flexibility index (Phi) is 4.60. The topological polar surface area (TPSA) is 41.6 Å². The van der Waals surface area contributed by atoms with Crippen LogP contribution in [0.5, 0.6) is 0 Å². The summed E-state index contributed by atoms with van der Waals surface area (Å²) in [5.41, 5.74) is 0. The van der Waals surface area contributed by atoms with E-state index in [-0.39, 0.29) is 0 Å². The van der Waals surface area contributed by atoms with E-state index in [0.717, 1.165) is 65.1 Å². The molecule has 0 aromatic rings. The number of piperazine rings is 1. The highest BCUT2D eigenvalue weighted by Gasteiger charge is 2.19. The van der Waals surface area contributed by atoms with E-state index in [1.807, 2.05) is 4.90 Å². The molecule has 0 unspecified atom stereocenters. The molecule has 0 radical (unpaired) electrons. The first kappa shape index (κ1) is 11.9. The minimum absolute atomic E-state index is 0.341. The van der Waals surface area contributed by atoms with E-state index in [0.29, 0.717) is 11.8 Å². The first-order valence-electron chi connectivity index (χ1n) is 6.42. The maximum atomic E-state index is 11.9. The van der Waals surface area contributed by atoms with E-state index in [1.165, 1.54) is 0 Å². The Morgan fingerprint density at radius 2 is 1.94 bits per heavy atom. The van der Waals surface area contributed by atoms with Crippen LogP contribution in [0.2, 0.25) is 0 Å². The highest BCUT2D eigenvalue weighted by molar-refractivity contribution is 5.76. The summed E-state index contributed by atoms with van der Waals surface area (Å²) in [6, 6.07) is 0. The predicted molar refractivity (Wildman–Crippen MR) is 62.2 cm³/mol. The number of hydrogen-bond acceptors (Lipinski definition) is 3. The highest BCUT2D eigenvalue weighted by atomic mass is 16.5. The van der Waals surface area contributed by atoms with Crippen molar-refractivity contribution in [3.05, 3.63) is 0 Å². The molecule has 0 atom stereocenters. The number of nitrogens with zero attached hydrogens (tertiary/aromatic N) is 1. The zero-order chi connectivity index (χ0) is 11.2. The van der Waals surface area contributed by atoms with Crippen LogP contribution in [0.3, 0.4) is 0 Å². The fourth-order valence-corrected chi connectivity index (χ4v) is 2.44. The lowest BCUT2D eigenvalue weighted by Gasteiger charge is -2.28. The van der Waals surface area contributed by atoms with Crippen molar-refractivity contribution < 1.29 is 9.53 Å². The quantitative estimate of drug-likeness (QED) is 0.767. The van der Waals surface area contributed by atoms with Crippen LogP contribution in [0.25, 0.3) is 0 Å². The van der Waals surface area contributed by atoms with Crippen LogP contribution in [0.1, 0.15) is 25.7 Å². The van der Waals surface area contributed by atoms with E-state index in [1.54, 1.807) is 0 Å². The molecule has 0 spiro atoms. The molecule has 0 aromatic heterocycles. The van der Waals surface area contributed by atoms with Gasteiger partial charge in [-0.3, -0.25) is 4.79 Å². The Bertz CT molecular complexity index is 221. The number of nitrogens with one attached hydrogen (secondary N) is 1. The summed E-state index contributed by atoms with van der Waals surface area (Å²) in [5.74, 6) is 1.05. The van der Waals surface area contributed by atoms with E-state index >= 15 is 0 Å². The predicted octanol–water partition coefficient (Wildman–Crippen LogP) is 0.625. The fraction of sp³-hybridized carbons (Fsp3) is 0.917. The van der Waals surface area contributed by atoms with Crippen molar-refractivity contribution in [1.82, 2.24) is 10.2 Å². The third-order valence-corrected chi connectivity index (χ3v) is 3.58. The Hall–Kier alpha value is -0.610. The molecular weight excluding hydrogens is 204 g/mol. The van der Waals surface area contributed by atoms with Gasteiger partial charge in [-0.25, -0.2) is 0 Å². The zero-order valence-corrected chi connectivity index (χ0v) is 9.91. The number of carbonyl (C=O) groups is 1. The molecule has 1 amide bonds. The van der Waals surface area contributed by atoms with Crippen molar-refractivity contribution >= 4 is 5.91 Å². The van der Waals surface area contributed by atoms with Gasteiger partial charge in [0.15, 0.2) is 0 Å². The molecule has 4 heteroatoms. The monoisotopic (exact) mass is 226 g/mol. The molecule has 2 rings (SSSR count). The summed E-state index contributed by atoms with van der Waals surface area (Å²) >= 11 is 0. The normalized spacial score (nSPS) is 23.4. The van der Waals surface area contributed by atoms with E-state index < -0.39 is 0 Å². The second-order valence-corrected chi connectivity index (χ2v) is 4.73. The lowest BCUT2D eigenvalue weighted by molar-refractivity contribution is -0.132. The van der Waals surface area contributed by atoms with Gasteiger partial charge in [0.05, 0.1) is 0 Å². The summed E-state index contributed by atoms with van der Waals surface area (Å²) in [5, 5.41) is 3.26. The third kappa shape index (κ3) is 3.46. The standard InChI is InChI=1S/C12H22N2O2/c15-12(14-7-5-13-6-8-14)2-1-11-3-9-16-10-4-11/h11,13H,1-10H2. The smallest absolute Gasteiger partial charge is 0.222 e. The summed E-state index contributed by atoms with van der Waals surface area (Å²) in [6.07, 6.45) is 4.04. The summed E-state index contributed by atoms with van der Waals surface area (Å²) < 4.78 is 5.32. The maximum Gasteiger partial charge on any atom is 0.222 e. The number of rotatable bonds is 3. The zero-order valence-electron chi connectivity index (χ0n) is 9.91.